The number of H-pyrrole nitrogens is 1. The Morgan fingerprint density at radius 3 is 2.56 bits per heavy atom. The van der Waals surface area contributed by atoms with E-state index in [4.69, 9.17) is 5.11 Å². The molecule has 0 unspecified atom stereocenters. The highest BCUT2D eigenvalue weighted by atomic mass is 16.4. The smallest absolute Gasteiger partial charge is 0.330 e. The molecule has 2 aromatic rings. The zero-order valence-corrected chi connectivity index (χ0v) is 9.20. The fraction of sp³-hybridized carbons (Fsp3) is 0.0909. The lowest BCUT2D eigenvalue weighted by molar-refractivity contribution is -0.139. The predicted octanol–water partition coefficient (Wildman–Crippen LogP) is 0.360. The molecule has 7 nitrogen and oxygen atoms in total. The minimum Gasteiger partial charge on any atom is -0.479 e. The van der Waals surface area contributed by atoms with Crippen LogP contribution in [0.5, 0.6) is 0 Å². The van der Waals surface area contributed by atoms with Crippen molar-refractivity contribution in [2.45, 2.75) is 6.04 Å². The van der Waals surface area contributed by atoms with Crippen LogP contribution < -0.4 is 5.32 Å². The van der Waals surface area contributed by atoms with Crippen molar-refractivity contribution in [3.05, 3.63) is 47.8 Å². The largest absolute Gasteiger partial charge is 0.479 e. The second-order valence-electron chi connectivity index (χ2n) is 3.51. The highest BCUT2D eigenvalue weighted by Crippen LogP contribution is 2.13. The first-order chi connectivity index (χ1) is 8.68. The van der Waals surface area contributed by atoms with Crippen LogP contribution in [0.1, 0.15) is 22.1 Å². The molecule has 0 aliphatic rings. The molecule has 7 heteroatoms. The Balaban J connectivity index is 2.18. The van der Waals surface area contributed by atoms with Gasteiger partial charge in [-0.3, -0.25) is 4.79 Å². The maximum absolute atomic E-state index is 11.7. The van der Waals surface area contributed by atoms with E-state index in [0.29, 0.717) is 5.56 Å². The lowest BCUT2D eigenvalue weighted by atomic mass is 10.1. The molecule has 1 amide bonds. The maximum Gasteiger partial charge on any atom is 0.330 e. The number of hydrogen-bond acceptors (Lipinski definition) is 4. The monoisotopic (exact) mass is 246 g/mol. The van der Waals surface area contributed by atoms with Gasteiger partial charge in [-0.15, -0.1) is 0 Å². The summed E-state index contributed by atoms with van der Waals surface area (Å²) in [5.74, 6) is -1.74. The number of benzene rings is 1. The molecule has 0 spiro atoms. The Kier molecular flexibility index (Phi) is 3.33. The zero-order chi connectivity index (χ0) is 13.0. The van der Waals surface area contributed by atoms with Crippen molar-refractivity contribution in [3.63, 3.8) is 0 Å². The van der Waals surface area contributed by atoms with Crippen LogP contribution in [0.4, 0.5) is 0 Å². The molecule has 0 saturated heterocycles. The Morgan fingerprint density at radius 2 is 2.00 bits per heavy atom. The number of aromatic nitrogens is 3. The molecule has 0 radical (unpaired) electrons. The average Bonchev–Trinajstić information content (AvgIpc) is 2.90. The summed E-state index contributed by atoms with van der Waals surface area (Å²) < 4.78 is 0. The van der Waals surface area contributed by atoms with Crippen LogP contribution in [0.3, 0.4) is 0 Å². The van der Waals surface area contributed by atoms with Gasteiger partial charge in [0.1, 0.15) is 0 Å². The third-order valence-electron chi connectivity index (χ3n) is 2.30. The van der Waals surface area contributed by atoms with Crippen LogP contribution in [0.15, 0.2) is 36.5 Å². The van der Waals surface area contributed by atoms with Gasteiger partial charge in [-0.1, -0.05) is 30.3 Å². The summed E-state index contributed by atoms with van der Waals surface area (Å²) in [5.41, 5.74) is 0.527. The second-order valence-corrected chi connectivity index (χ2v) is 3.51. The molecule has 0 saturated carbocycles. The van der Waals surface area contributed by atoms with Crippen LogP contribution in [-0.2, 0) is 4.79 Å². The summed E-state index contributed by atoms with van der Waals surface area (Å²) in [6, 6.07) is 7.31. The van der Waals surface area contributed by atoms with E-state index in [1.807, 2.05) is 0 Å². The topological polar surface area (TPSA) is 108 Å². The number of aromatic amines is 1. The number of hydrogen-bond donors (Lipinski definition) is 3. The fourth-order valence-electron chi connectivity index (χ4n) is 1.45. The molecule has 1 aromatic carbocycles. The van der Waals surface area contributed by atoms with Crippen molar-refractivity contribution >= 4 is 11.9 Å². The maximum atomic E-state index is 11.7. The van der Waals surface area contributed by atoms with Crippen molar-refractivity contribution in [1.29, 1.82) is 0 Å². The van der Waals surface area contributed by atoms with Crippen molar-refractivity contribution in [2.75, 3.05) is 0 Å². The molecular weight excluding hydrogens is 236 g/mol. The quantitative estimate of drug-likeness (QED) is 0.721. The van der Waals surface area contributed by atoms with E-state index in [2.05, 4.69) is 20.7 Å². The summed E-state index contributed by atoms with van der Waals surface area (Å²) in [4.78, 5) is 22.8. The SMILES string of the molecule is O=C(N[C@H](C(=O)O)c1ccccc1)c1cn[nH]n1. The first kappa shape index (κ1) is 11.8. The molecule has 1 aromatic heterocycles. The van der Waals surface area contributed by atoms with Crippen LogP contribution in [0.2, 0.25) is 0 Å². The van der Waals surface area contributed by atoms with Crippen molar-refractivity contribution in [2.24, 2.45) is 0 Å². The third kappa shape index (κ3) is 2.51. The van der Waals surface area contributed by atoms with Gasteiger partial charge in [0.15, 0.2) is 11.7 Å². The number of rotatable bonds is 4. The molecule has 1 heterocycles. The van der Waals surface area contributed by atoms with Crippen LogP contribution in [-0.4, -0.2) is 32.4 Å². The van der Waals surface area contributed by atoms with E-state index in [1.165, 1.54) is 6.20 Å². The number of carbonyl (C=O) groups excluding carboxylic acids is 1. The molecule has 0 aliphatic heterocycles. The number of carboxylic acids is 1. The van der Waals surface area contributed by atoms with Gasteiger partial charge in [0.25, 0.3) is 5.91 Å². The molecule has 0 aliphatic carbocycles. The van der Waals surface area contributed by atoms with E-state index in [0.717, 1.165) is 0 Å². The Bertz CT molecular complexity index is 539. The minimum atomic E-state index is -1.14. The normalized spacial score (nSPS) is 11.8. The Labute approximate surface area is 102 Å². The van der Waals surface area contributed by atoms with Gasteiger partial charge in [-0.05, 0) is 5.56 Å². The second kappa shape index (κ2) is 5.09. The van der Waals surface area contributed by atoms with Gasteiger partial charge in [-0.25, -0.2) is 4.79 Å². The summed E-state index contributed by atoms with van der Waals surface area (Å²) >= 11 is 0. The highest BCUT2D eigenvalue weighted by Gasteiger charge is 2.23. The third-order valence-corrected chi connectivity index (χ3v) is 2.30. The van der Waals surface area contributed by atoms with Crippen LogP contribution in [0, 0.1) is 0 Å². The first-order valence-electron chi connectivity index (χ1n) is 5.13. The standard InChI is InChI=1S/C11H10N4O3/c16-10(8-6-12-15-14-8)13-9(11(17)18)7-4-2-1-3-5-7/h1-6,9H,(H,13,16)(H,17,18)(H,12,14,15)/t9-/m0/s1. The van der Waals surface area contributed by atoms with Crippen LogP contribution in [0.25, 0.3) is 0 Å². The molecule has 2 rings (SSSR count). The molecule has 18 heavy (non-hydrogen) atoms. The van der Waals surface area contributed by atoms with E-state index in [9.17, 15) is 9.59 Å². The summed E-state index contributed by atoms with van der Waals surface area (Å²) in [7, 11) is 0. The number of carbonyl (C=O) groups is 2. The number of amides is 1. The molecule has 0 fully saturated rings. The predicted molar refractivity (Wildman–Crippen MR) is 60.7 cm³/mol. The highest BCUT2D eigenvalue weighted by molar-refractivity contribution is 5.94. The van der Waals surface area contributed by atoms with Crippen molar-refractivity contribution < 1.29 is 14.7 Å². The lowest BCUT2D eigenvalue weighted by Crippen LogP contribution is -2.33. The number of aliphatic carboxylic acids is 1. The molecule has 0 bridgehead atoms. The van der Waals surface area contributed by atoms with Gasteiger partial charge in [-0.2, -0.15) is 15.4 Å². The van der Waals surface area contributed by atoms with Gasteiger partial charge in [0.05, 0.1) is 6.20 Å². The molecule has 3 N–H and O–H groups in total. The molecular formula is C11H10N4O3. The number of nitrogens with zero attached hydrogens (tertiary/aromatic N) is 2. The van der Waals surface area contributed by atoms with Gasteiger partial charge < -0.3 is 10.4 Å². The zero-order valence-electron chi connectivity index (χ0n) is 9.20. The minimum absolute atomic E-state index is 0.0391. The summed E-state index contributed by atoms with van der Waals surface area (Å²) in [5, 5.41) is 20.8. The van der Waals surface area contributed by atoms with Crippen molar-refractivity contribution in [3.8, 4) is 0 Å². The Morgan fingerprint density at radius 1 is 1.28 bits per heavy atom. The number of carboxylic acid groups (broad SMARTS) is 1. The van der Waals surface area contributed by atoms with Gasteiger partial charge in [0, 0.05) is 0 Å². The van der Waals surface area contributed by atoms with E-state index in [-0.39, 0.29) is 5.69 Å². The van der Waals surface area contributed by atoms with Gasteiger partial charge >= 0.3 is 5.97 Å². The fourth-order valence-corrected chi connectivity index (χ4v) is 1.45. The van der Waals surface area contributed by atoms with E-state index in [1.54, 1.807) is 30.3 Å². The lowest BCUT2D eigenvalue weighted by Gasteiger charge is -2.13. The van der Waals surface area contributed by atoms with E-state index < -0.39 is 17.9 Å². The van der Waals surface area contributed by atoms with Crippen LogP contribution >= 0.6 is 0 Å². The van der Waals surface area contributed by atoms with Gasteiger partial charge in [0.2, 0.25) is 0 Å². The summed E-state index contributed by atoms with van der Waals surface area (Å²) in [6.07, 6.45) is 1.22. The van der Waals surface area contributed by atoms with Crippen molar-refractivity contribution in [1.82, 2.24) is 20.7 Å². The number of nitrogens with one attached hydrogen (secondary N) is 2. The summed E-state index contributed by atoms with van der Waals surface area (Å²) in [6.45, 7) is 0. The molecule has 92 valence electrons. The Hall–Kier alpha value is -2.70. The van der Waals surface area contributed by atoms with E-state index >= 15 is 0 Å². The first-order valence-corrected chi connectivity index (χ1v) is 5.13. The molecule has 1 atom stereocenters. The average molecular weight is 246 g/mol.